The number of anilines is 1. The van der Waals surface area contributed by atoms with Gasteiger partial charge in [-0.2, -0.15) is 5.10 Å². The van der Waals surface area contributed by atoms with Crippen molar-refractivity contribution >= 4 is 17.7 Å². The number of pyridine rings is 1. The molecule has 0 unspecified atom stereocenters. The predicted octanol–water partition coefficient (Wildman–Crippen LogP) is 3.56. The fourth-order valence-corrected chi connectivity index (χ4v) is 3.60. The van der Waals surface area contributed by atoms with Crippen LogP contribution in [0.4, 0.5) is 14.5 Å². The summed E-state index contributed by atoms with van der Waals surface area (Å²) in [6.07, 6.45) is 8.78. The zero-order chi connectivity index (χ0) is 21.1. The average Bonchev–Trinajstić information content (AvgIpc) is 3.32. The fraction of sp³-hybridized carbons (Fsp3) is 0.227. The quantitative estimate of drug-likeness (QED) is 0.633. The van der Waals surface area contributed by atoms with Gasteiger partial charge >= 0.3 is 0 Å². The number of hydrogen-bond acceptors (Lipinski definition) is 4. The number of halogens is 2. The zero-order valence-electron chi connectivity index (χ0n) is 16.5. The van der Waals surface area contributed by atoms with Crippen molar-refractivity contribution in [1.29, 1.82) is 0 Å². The molecule has 0 spiro atoms. The van der Waals surface area contributed by atoms with Gasteiger partial charge in [0, 0.05) is 67.5 Å². The van der Waals surface area contributed by atoms with Gasteiger partial charge < -0.3 is 5.32 Å². The molecule has 3 heterocycles. The van der Waals surface area contributed by atoms with Crippen molar-refractivity contribution in [3.63, 3.8) is 0 Å². The Morgan fingerprint density at radius 3 is 2.83 bits per heavy atom. The molecule has 4 rings (SSSR count). The number of alkyl halides is 1. The third-order valence-corrected chi connectivity index (χ3v) is 5.00. The van der Waals surface area contributed by atoms with E-state index in [1.807, 2.05) is 23.1 Å². The van der Waals surface area contributed by atoms with Crippen LogP contribution in [-0.4, -0.2) is 38.8 Å². The average molecular weight is 409 g/mol. The van der Waals surface area contributed by atoms with Crippen molar-refractivity contribution < 1.29 is 13.6 Å². The van der Waals surface area contributed by atoms with Gasteiger partial charge in [-0.3, -0.25) is 19.4 Å². The number of amides is 1. The van der Waals surface area contributed by atoms with E-state index in [0.717, 1.165) is 23.9 Å². The van der Waals surface area contributed by atoms with Crippen molar-refractivity contribution in [2.45, 2.75) is 13.1 Å². The van der Waals surface area contributed by atoms with Crippen molar-refractivity contribution in [2.24, 2.45) is 7.05 Å². The molecule has 1 N–H and O–H groups in total. The maximum atomic E-state index is 14.4. The molecule has 1 amide bonds. The van der Waals surface area contributed by atoms with Crippen LogP contribution in [-0.2, 0) is 24.9 Å². The van der Waals surface area contributed by atoms with Gasteiger partial charge in [0.1, 0.15) is 12.5 Å². The molecule has 0 fully saturated rings. The second-order valence-electron chi connectivity index (χ2n) is 7.19. The lowest BCUT2D eigenvalue weighted by Gasteiger charge is -2.10. The minimum Gasteiger partial charge on any atom is -0.323 e. The highest BCUT2D eigenvalue weighted by Crippen LogP contribution is 2.27. The Hall–Kier alpha value is -3.39. The Kier molecular flexibility index (Phi) is 5.67. The second-order valence-corrected chi connectivity index (χ2v) is 7.19. The molecular formula is C22H21F2N5O. The number of aryl methyl sites for hydroxylation is 1. The Labute approximate surface area is 172 Å². The number of fused-ring (bicyclic) bond motifs is 1. The molecule has 0 atom stereocenters. The van der Waals surface area contributed by atoms with Crippen LogP contribution < -0.4 is 5.32 Å². The number of nitrogens with one attached hydrogen (secondary N) is 1. The lowest BCUT2D eigenvalue weighted by molar-refractivity contribution is -0.111. The summed E-state index contributed by atoms with van der Waals surface area (Å²) in [5.41, 5.74) is 4.31. The Bertz CT molecular complexity index is 1110. The van der Waals surface area contributed by atoms with Gasteiger partial charge in [-0.05, 0) is 29.3 Å². The molecule has 2 aromatic heterocycles. The first-order chi connectivity index (χ1) is 14.5. The third kappa shape index (κ3) is 4.28. The first-order valence-corrected chi connectivity index (χ1v) is 9.55. The molecule has 0 radical (unpaired) electrons. The number of carbonyl (C=O) groups excluding carboxylic acids is 1. The maximum absolute atomic E-state index is 14.4. The summed E-state index contributed by atoms with van der Waals surface area (Å²) < 4.78 is 28.5. The zero-order valence-corrected chi connectivity index (χ0v) is 16.5. The fourth-order valence-electron chi connectivity index (χ4n) is 3.60. The molecule has 0 bridgehead atoms. The van der Waals surface area contributed by atoms with E-state index < -0.39 is 5.82 Å². The molecule has 8 heteroatoms. The molecule has 0 saturated heterocycles. The molecule has 0 saturated carbocycles. The number of carbonyl (C=O) groups is 1. The molecule has 0 aliphatic carbocycles. The molecule has 3 aromatic rings. The minimum atomic E-state index is -0.484. The van der Waals surface area contributed by atoms with Gasteiger partial charge in [0.15, 0.2) is 0 Å². The lowest BCUT2D eigenvalue weighted by Crippen LogP contribution is -2.18. The third-order valence-electron chi connectivity index (χ3n) is 5.00. The maximum Gasteiger partial charge on any atom is 0.248 e. The number of aromatic nitrogens is 3. The standard InChI is InChI=1S/C22H21F2N5O/c1-28-12-18(10-26-28)22-15(9-25-11-20(22)24)3-5-21(30)27-19-4-2-16-13-29(7-6-23)14-17(16)8-19/h2-5,8-12H,6-7,13-14H2,1H3,(H,27,30). The Balaban J connectivity index is 1.48. The summed E-state index contributed by atoms with van der Waals surface area (Å²) in [7, 11) is 1.75. The van der Waals surface area contributed by atoms with Crippen molar-refractivity contribution in [3.8, 4) is 11.1 Å². The Morgan fingerprint density at radius 2 is 2.07 bits per heavy atom. The van der Waals surface area contributed by atoms with Crippen LogP contribution in [0.15, 0.2) is 49.1 Å². The van der Waals surface area contributed by atoms with Crippen molar-refractivity contribution in [1.82, 2.24) is 19.7 Å². The first-order valence-electron chi connectivity index (χ1n) is 9.55. The molecule has 154 valence electrons. The van der Waals surface area contributed by atoms with E-state index in [2.05, 4.69) is 15.4 Å². The topological polar surface area (TPSA) is 63.1 Å². The molecule has 30 heavy (non-hydrogen) atoms. The van der Waals surface area contributed by atoms with Gasteiger partial charge in [-0.15, -0.1) is 0 Å². The highest BCUT2D eigenvalue weighted by Gasteiger charge is 2.19. The highest BCUT2D eigenvalue weighted by atomic mass is 19.1. The highest BCUT2D eigenvalue weighted by molar-refractivity contribution is 6.02. The van der Waals surface area contributed by atoms with Crippen LogP contribution in [0.25, 0.3) is 17.2 Å². The SMILES string of the molecule is Cn1cc(-c2c(F)cncc2C=CC(=O)Nc2ccc3c(c2)CN(CCF)C3)cn1. The van der Waals surface area contributed by atoms with Crippen LogP contribution in [0.3, 0.4) is 0 Å². The van der Waals surface area contributed by atoms with E-state index in [0.29, 0.717) is 35.5 Å². The monoisotopic (exact) mass is 409 g/mol. The van der Waals surface area contributed by atoms with E-state index in [4.69, 9.17) is 0 Å². The van der Waals surface area contributed by atoms with Gasteiger partial charge in [0.2, 0.25) is 5.91 Å². The van der Waals surface area contributed by atoms with Gasteiger partial charge in [-0.1, -0.05) is 6.07 Å². The first kappa shape index (κ1) is 19.9. The van der Waals surface area contributed by atoms with Crippen molar-refractivity contribution in [2.75, 3.05) is 18.5 Å². The largest absolute Gasteiger partial charge is 0.323 e. The summed E-state index contributed by atoms with van der Waals surface area (Å²) in [6, 6.07) is 5.68. The summed E-state index contributed by atoms with van der Waals surface area (Å²) in [6.45, 7) is 1.41. The van der Waals surface area contributed by atoms with Crippen molar-refractivity contribution in [3.05, 3.63) is 71.6 Å². The van der Waals surface area contributed by atoms with E-state index in [9.17, 15) is 13.6 Å². The van der Waals surface area contributed by atoms with Gasteiger partial charge in [0.05, 0.1) is 12.4 Å². The van der Waals surface area contributed by atoms with Crippen LogP contribution in [0.2, 0.25) is 0 Å². The van der Waals surface area contributed by atoms with Gasteiger partial charge in [-0.25, -0.2) is 8.78 Å². The number of benzene rings is 1. The van der Waals surface area contributed by atoms with E-state index in [1.54, 1.807) is 24.1 Å². The van der Waals surface area contributed by atoms with Crippen LogP contribution >= 0.6 is 0 Å². The Morgan fingerprint density at radius 1 is 1.23 bits per heavy atom. The van der Waals surface area contributed by atoms with E-state index in [1.165, 1.54) is 18.3 Å². The minimum absolute atomic E-state index is 0.338. The molecule has 6 nitrogen and oxygen atoms in total. The second kappa shape index (κ2) is 8.54. The lowest BCUT2D eigenvalue weighted by atomic mass is 10.0. The summed E-state index contributed by atoms with van der Waals surface area (Å²) in [4.78, 5) is 18.3. The summed E-state index contributed by atoms with van der Waals surface area (Å²) in [5, 5.41) is 6.89. The number of rotatable bonds is 6. The van der Waals surface area contributed by atoms with Crippen LogP contribution in [0.1, 0.15) is 16.7 Å². The van der Waals surface area contributed by atoms with E-state index in [-0.39, 0.29) is 12.6 Å². The van der Waals surface area contributed by atoms with Crippen LogP contribution in [0.5, 0.6) is 0 Å². The molecule has 1 aliphatic rings. The molecule has 1 aliphatic heterocycles. The predicted molar refractivity (Wildman–Crippen MR) is 111 cm³/mol. The number of nitrogens with zero attached hydrogens (tertiary/aromatic N) is 4. The number of hydrogen-bond donors (Lipinski definition) is 1. The smallest absolute Gasteiger partial charge is 0.248 e. The van der Waals surface area contributed by atoms with Crippen LogP contribution in [0, 0.1) is 5.82 Å². The summed E-state index contributed by atoms with van der Waals surface area (Å²) in [5.74, 6) is -0.822. The summed E-state index contributed by atoms with van der Waals surface area (Å²) >= 11 is 0. The molecule has 1 aromatic carbocycles. The molecular weight excluding hydrogens is 388 g/mol. The normalized spacial score (nSPS) is 13.7. The van der Waals surface area contributed by atoms with E-state index >= 15 is 0 Å². The van der Waals surface area contributed by atoms with Gasteiger partial charge in [0.25, 0.3) is 0 Å².